The molecule has 1 aromatic heterocycles. The van der Waals surface area contributed by atoms with E-state index in [-0.39, 0.29) is 12.2 Å². The normalized spacial score (nSPS) is 10.7. The zero-order valence-corrected chi connectivity index (χ0v) is 16.5. The van der Waals surface area contributed by atoms with E-state index in [2.05, 4.69) is 10.4 Å². The van der Waals surface area contributed by atoms with Gasteiger partial charge in [0.2, 0.25) is 0 Å². The number of hydrogen-bond acceptors (Lipinski definition) is 4. The molecule has 3 aromatic rings. The first kappa shape index (κ1) is 20.5. The van der Waals surface area contributed by atoms with Gasteiger partial charge in [-0.1, -0.05) is 60.7 Å². The molecule has 0 spiro atoms. The van der Waals surface area contributed by atoms with Crippen LogP contribution in [-0.4, -0.2) is 33.9 Å². The number of carbonyl (C=O) groups is 1. The standard InChI is InChI=1S/C23H25N3O3/c1-26-23(29)20(22(28)24-15-9-4-10-16-27)19(17-11-5-2-6-12-17)21(25-26)18-13-7-3-8-14-18/h2-3,5-8,11-14,27H,4,9-10,15-16H2,1H3,(H,24,28). The summed E-state index contributed by atoms with van der Waals surface area (Å²) in [6.07, 6.45) is 2.25. The predicted molar refractivity (Wildman–Crippen MR) is 114 cm³/mol. The van der Waals surface area contributed by atoms with Gasteiger partial charge < -0.3 is 10.4 Å². The van der Waals surface area contributed by atoms with Crippen molar-refractivity contribution in [3.8, 4) is 22.4 Å². The summed E-state index contributed by atoms with van der Waals surface area (Å²) >= 11 is 0. The van der Waals surface area contributed by atoms with E-state index in [4.69, 9.17) is 5.11 Å². The molecule has 3 rings (SSSR count). The van der Waals surface area contributed by atoms with Crippen LogP contribution in [0.25, 0.3) is 22.4 Å². The van der Waals surface area contributed by atoms with E-state index in [9.17, 15) is 9.59 Å². The maximum atomic E-state index is 13.0. The van der Waals surface area contributed by atoms with Gasteiger partial charge >= 0.3 is 0 Å². The molecule has 6 heteroatoms. The Balaban J connectivity index is 2.10. The van der Waals surface area contributed by atoms with Gasteiger partial charge in [-0.15, -0.1) is 0 Å². The molecule has 150 valence electrons. The van der Waals surface area contributed by atoms with E-state index >= 15 is 0 Å². The van der Waals surface area contributed by atoms with Gasteiger partial charge in [0.25, 0.3) is 11.5 Å². The van der Waals surface area contributed by atoms with Crippen LogP contribution in [-0.2, 0) is 7.05 Å². The first-order chi connectivity index (χ1) is 14.1. The number of aliphatic hydroxyl groups is 1. The molecule has 0 aliphatic rings. The van der Waals surface area contributed by atoms with Crippen LogP contribution in [0.4, 0.5) is 0 Å². The van der Waals surface area contributed by atoms with Crippen LogP contribution in [0.5, 0.6) is 0 Å². The SMILES string of the molecule is Cn1nc(-c2ccccc2)c(-c2ccccc2)c(C(=O)NCCCCCO)c1=O. The maximum absolute atomic E-state index is 13.0. The highest BCUT2D eigenvalue weighted by molar-refractivity contribution is 6.03. The van der Waals surface area contributed by atoms with E-state index in [1.54, 1.807) is 7.05 Å². The van der Waals surface area contributed by atoms with Gasteiger partial charge in [0, 0.05) is 31.3 Å². The van der Waals surface area contributed by atoms with Gasteiger partial charge in [-0.2, -0.15) is 5.10 Å². The van der Waals surface area contributed by atoms with Gasteiger partial charge in [0.05, 0.1) is 5.69 Å². The van der Waals surface area contributed by atoms with E-state index in [1.807, 2.05) is 60.7 Å². The number of amides is 1. The Morgan fingerprint density at radius 3 is 2.21 bits per heavy atom. The summed E-state index contributed by atoms with van der Waals surface area (Å²) in [4.78, 5) is 26.0. The average Bonchev–Trinajstić information content (AvgIpc) is 2.76. The minimum Gasteiger partial charge on any atom is -0.396 e. The Bertz CT molecular complexity index is 1010. The highest BCUT2D eigenvalue weighted by Crippen LogP contribution is 2.31. The smallest absolute Gasteiger partial charge is 0.280 e. The average molecular weight is 391 g/mol. The number of unbranched alkanes of at least 4 members (excludes halogenated alkanes) is 2. The van der Waals surface area contributed by atoms with Crippen molar-refractivity contribution < 1.29 is 9.90 Å². The van der Waals surface area contributed by atoms with E-state index in [1.165, 1.54) is 4.68 Å². The van der Waals surface area contributed by atoms with Crippen molar-refractivity contribution in [2.24, 2.45) is 7.05 Å². The molecular weight excluding hydrogens is 366 g/mol. The van der Waals surface area contributed by atoms with Crippen molar-refractivity contribution in [2.75, 3.05) is 13.2 Å². The number of nitrogens with one attached hydrogen (secondary N) is 1. The molecule has 0 saturated heterocycles. The Morgan fingerprint density at radius 2 is 1.59 bits per heavy atom. The molecule has 6 nitrogen and oxygen atoms in total. The molecular formula is C23H25N3O3. The number of benzene rings is 2. The van der Waals surface area contributed by atoms with E-state index in [0.29, 0.717) is 24.2 Å². The lowest BCUT2D eigenvalue weighted by Crippen LogP contribution is -2.35. The third-order valence-corrected chi connectivity index (χ3v) is 4.70. The summed E-state index contributed by atoms with van der Waals surface area (Å²) in [5, 5.41) is 16.2. The Labute approximate surface area is 169 Å². The number of nitrogens with zero attached hydrogens (tertiary/aromatic N) is 2. The Hall–Kier alpha value is -3.25. The van der Waals surface area contributed by atoms with Crippen LogP contribution >= 0.6 is 0 Å². The van der Waals surface area contributed by atoms with Crippen molar-refractivity contribution in [3.05, 3.63) is 76.6 Å². The lowest BCUT2D eigenvalue weighted by Gasteiger charge is -2.16. The molecule has 2 aromatic carbocycles. The number of aryl methyl sites for hydroxylation is 1. The molecule has 0 saturated carbocycles. The number of aliphatic hydroxyl groups excluding tert-OH is 1. The van der Waals surface area contributed by atoms with E-state index < -0.39 is 11.5 Å². The third kappa shape index (κ3) is 4.78. The van der Waals surface area contributed by atoms with Crippen LogP contribution < -0.4 is 10.9 Å². The van der Waals surface area contributed by atoms with Crippen LogP contribution in [0.2, 0.25) is 0 Å². The topological polar surface area (TPSA) is 84.2 Å². The second-order valence-corrected chi connectivity index (χ2v) is 6.80. The first-order valence-corrected chi connectivity index (χ1v) is 9.74. The maximum Gasteiger partial charge on any atom is 0.280 e. The molecule has 0 radical (unpaired) electrons. The summed E-state index contributed by atoms with van der Waals surface area (Å²) in [5.74, 6) is -0.409. The van der Waals surface area contributed by atoms with Crippen LogP contribution in [0.3, 0.4) is 0 Å². The third-order valence-electron chi connectivity index (χ3n) is 4.70. The summed E-state index contributed by atoms with van der Waals surface area (Å²) in [6.45, 7) is 0.580. The fourth-order valence-corrected chi connectivity index (χ4v) is 3.23. The summed E-state index contributed by atoms with van der Waals surface area (Å²) in [6, 6.07) is 18.9. The molecule has 0 atom stereocenters. The monoisotopic (exact) mass is 391 g/mol. The van der Waals surface area contributed by atoms with E-state index in [0.717, 1.165) is 24.0 Å². The lowest BCUT2D eigenvalue weighted by atomic mass is 9.95. The van der Waals surface area contributed by atoms with Gasteiger partial charge in [0.15, 0.2) is 0 Å². The molecule has 0 fully saturated rings. The largest absolute Gasteiger partial charge is 0.396 e. The van der Waals surface area contributed by atoms with Crippen molar-refractivity contribution in [1.82, 2.24) is 15.1 Å². The van der Waals surface area contributed by atoms with Crippen molar-refractivity contribution in [3.63, 3.8) is 0 Å². The van der Waals surface area contributed by atoms with Gasteiger partial charge in [-0.3, -0.25) is 9.59 Å². The molecule has 0 unspecified atom stereocenters. The fraction of sp³-hybridized carbons (Fsp3) is 0.261. The van der Waals surface area contributed by atoms with Gasteiger partial charge in [-0.05, 0) is 24.8 Å². The van der Waals surface area contributed by atoms with Gasteiger partial charge in [-0.25, -0.2) is 4.68 Å². The summed E-state index contributed by atoms with van der Waals surface area (Å²) in [7, 11) is 1.56. The second kappa shape index (κ2) is 9.80. The highest BCUT2D eigenvalue weighted by atomic mass is 16.3. The molecule has 0 bridgehead atoms. The quantitative estimate of drug-likeness (QED) is 0.578. The number of carbonyl (C=O) groups excluding carboxylic acids is 1. The van der Waals surface area contributed by atoms with Crippen LogP contribution in [0.1, 0.15) is 29.6 Å². The fourth-order valence-electron chi connectivity index (χ4n) is 3.23. The predicted octanol–water partition coefficient (Wildman–Crippen LogP) is 3.01. The number of aromatic nitrogens is 2. The van der Waals surface area contributed by atoms with Crippen molar-refractivity contribution in [1.29, 1.82) is 0 Å². The van der Waals surface area contributed by atoms with Crippen molar-refractivity contribution >= 4 is 5.91 Å². The summed E-state index contributed by atoms with van der Waals surface area (Å²) in [5.41, 5.74) is 2.38. The second-order valence-electron chi connectivity index (χ2n) is 6.80. The molecule has 29 heavy (non-hydrogen) atoms. The number of hydrogen-bond donors (Lipinski definition) is 2. The zero-order valence-electron chi connectivity index (χ0n) is 16.5. The molecule has 1 amide bonds. The van der Waals surface area contributed by atoms with Crippen molar-refractivity contribution in [2.45, 2.75) is 19.3 Å². The highest BCUT2D eigenvalue weighted by Gasteiger charge is 2.24. The zero-order chi connectivity index (χ0) is 20.6. The van der Waals surface area contributed by atoms with Gasteiger partial charge in [0.1, 0.15) is 5.56 Å². The Morgan fingerprint density at radius 1 is 0.966 bits per heavy atom. The lowest BCUT2D eigenvalue weighted by molar-refractivity contribution is 0.0951. The van der Waals surface area contributed by atoms with Crippen LogP contribution in [0, 0.1) is 0 Å². The molecule has 1 heterocycles. The molecule has 0 aliphatic carbocycles. The minimum absolute atomic E-state index is 0.0923. The van der Waals surface area contributed by atoms with Crippen LogP contribution in [0.15, 0.2) is 65.5 Å². The number of rotatable bonds is 8. The Kier molecular flexibility index (Phi) is 6.92. The molecule has 0 aliphatic heterocycles. The minimum atomic E-state index is -0.434. The first-order valence-electron chi connectivity index (χ1n) is 9.74. The summed E-state index contributed by atoms with van der Waals surface area (Å²) < 4.78 is 1.22. The molecule has 2 N–H and O–H groups in total.